The molecule has 3 aromatic carbocycles. The quantitative estimate of drug-likeness (QED) is 0.660. The predicted molar refractivity (Wildman–Crippen MR) is 98.9 cm³/mol. The van der Waals surface area contributed by atoms with Crippen molar-refractivity contribution in [3.05, 3.63) is 71.8 Å². The minimum absolute atomic E-state index is 0.0474. The summed E-state index contributed by atoms with van der Waals surface area (Å²) in [7, 11) is 0. The number of fused-ring (bicyclic) bond motifs is 1. The van der Waals surface area contributed by atoms with Gasteiger partial charge in [-0.05, 0) is 47.2 Å². The van der Waals surface area contributed by atoms with E-state index in [-0.39, 0.29) is 11.4 Å². The highest BCUT2D eigenvalue weighted by molar-refractivity contribution is 5.83. The summed E-state index contributed by atoms with van der Waals surface area (Å²) in [6, 6.07) is 17.2. The molecular formula is C21H20F2N2. The molecule has 0 radical (unpaired) electrons. The number of nitrogens with two attached hydrogens (primary N) is 1. The third kappa shape index (κ3) is 3.04. The molecule has 1 heterocycles. The Kier molecular flexibility index (Phi) is 4.04. The topological polar surface area (TPSA) is 29.3 Å². The van der Waals surface area contributed by atoms with Crippen LogP contribution in [0.5, 0.6) is 0 Å². The molecule has 0 aliphatic carbocycles. The Labute approximate surface area is 145 Å². The van der Waals surface area contributed by atoms with Crippen LogP contribution in [-0.4, -0.2) is 13.1 Å². The third-order valence-corrected chi connectivity index (χ3v) is 5.10. The molecule has 3 aromatic rings. The molecule has 0 amide bonds. The van der Waals surface area contributed by atoms with Crippen LogP contribution in [0.3, 0.4) is 0 Å². The summed E-state index contributed by atoms with van der Waals surface area (Å²) < 4.78 is 28.3. The Balaban J connectivity index is 1.53. The van der Waals surface area contributed by atoms with Crippen LogP contribution in [0.2, 0.25) is 0 Å². The van der Waals surface area contributed by atoms with Gasteiger partial charge in [0.05, 0.1) is 0 Å². The van der Waals surface area contributed by atoms with Gasteiger partial charge in [-0.2, -0.15) is 0 Å². The molecular weight excluding hydrogens is 318 g/mol. The third-order valence-electron chi connectivity index (χ3n) is 5.10. The van der Waals surface area contributed by atoms with Gasteiger partial charge in [0.1, 0.15) is 5.69 Å². The fourth-order valence-electron chi connectivity index (χ4n) is 3.79. The van der Waals surface area contributed by atoms with Gasteiger partial charge in [0, 0.05) is 18.8 Å². The lowest BCUT2D eigenvalue weighted by Gasteiger charge is -2.34. The number of rotatable bonds is 2. The van der Waals surface area contributed by atoms with Gasteiger partial charge in [0.25, 0.3) is 0 Å². The second-order valence-electron chi connectivity index (χ2n) is 6.70. The van der Waals surface area contributed by atoms with E-state index in [4.69, 9.17) is 5.73 Å². The van der Waals surface area contributed by atoms with E-state index >= 15 is 0 Å². The van der Waals surface area contributed by atoms with Crippen molar-refractivity contribution < 1.29 is 8.78 Å². The van der Waals surface area contributed by atoms with Crippen LogP contribution in [-0.2, 0) is 0 Å². The summed E-state index contributed by atoms with van der Waals surface area (Å²) in [4.78, 5) is 1.79. The van der Waals surface area contributed by atoms with Crippen LogP contribution in [0.15, 0.2) is 54.6 Å². The second kappa shape index (κ2) is 6.36. The van der Waals surface area contributed by atoms with Crippen molar-refractivity contribution in [3.63, 3.8) is 0 Å². The normalized spacial score (nSPS) is 15.7. The number of anilines is 2. The highest BCUT2D eigenvalue weighted by atomic mass is 19.1. The summed E-state index contributed by atoms with van der Waals surface area (Å²) in [5.74, 6) is -0.746. The standard InChI is InChI=1S/C21H20F2N2/c22-19-12-18(24)13-20(23)21(19)25-9-7-15(8-10-25)17-6-5-14-3-1-2-4-16(14)11-17/h1-6,11-13,15H,7-10,24H2. The average molecular weight is 338 g/mol. The summed E-state index contributed by atoms with van der Waals surface area (Å²) in [5.41, 5.74) is 6.97. The van der Waals surface area contributed by atoms with Crippen LogP contribution < -0.4 is 10.6 Å². The van der Waals surface area contributed by atoms with Gasteiger partial charge >= 0.3 is 0 Å². The first-order valence-corrected chi connectivity index (χ1v) is 8.60. The van der Waals surface area contributed by atoms with Crippen molar-refractivity contribution in [3.8, 4) is 0 Å². The van der Waals surface area contributed by atoms with E-state index in [1.165, 1.54) is 28.5 Å². The SMILES string of the molecule is Nc1cc(F)c(N2CCC(c3ccc4ccccc4c3)CC2)c(F)c1. The summed E-state index contributed by atoms with van der Waals surface area (Å²) in [6.07, 6.45) is 1.75. The predicted octanol–water partition coefficient (Wildman–Crippen LogP) is 5.08. The average Bonchev–Trinajstić information content (AvgIpc) is 2.61. The maximum atomic E-state index is 14.1. The number of piperidine rings is 1. The first kappa shape index (κ1) is 15.9. The zero-order chi connectivity index (χ0) is 17.4. The van der Waals surface area contributed by atoms with Crippen LogP contribution >= 0.6 is 0 Å². The largest absolute Gasteiger partial charge is 0.399 e. The number of nitrogen functional groups attached to an aromatic ring is 1. The lowest BCUT2D eigenvalue weighted by Crippen LogP contribution is -2.34. The molecule has 0 spiro atoms. The van der Waals surface area contributed by atoms with Crippen molar-refractivity contribution in [1.82, 2.24) is 0 Å². The maximum absolute atomic E-state index is 14.1. The number of hydrogen-bond donors (Lipinski definition) is 1. The van der Waals surface area contributed by atoms with E-state index in [1.54, 1.807) is 4.90 Å². The van der Waals surface area contributed by atoms with Crippen molar-refractivity contribution in [1.29, 1.82) is 0 Å². The van der Waals surface area contributed by atoms with Crippen LogP contribution in [0.1, 0.15) is 24.3 Å². The number of benzene rings is 3. The summed E-state index contributed by atoms with van der Waals surface area (Å²) in [5, 5.41) is 2.47. The van der Waals surface area contributed by atoms with E-state index < -0.39 is 11.6 Å². The highest BCUT2D eigenvalue weighted by Crippen LogP contribution is 2.34. The smallest absolute Gasteiger partial charge is 0.151 e. The van der Waals surface area contributed by atoms with Gasteiger partial charge in [-0.25, -0.2) is 8.78 Å². The Hall–Kier alpha value is -2.62. The number of halogens is 2. The molecule has 0 bridgehead atoms. The van der Waals surface area contributed by atoms with E-state index in [2.05, 4.69) is 30.3 Å². The zero-order valence-corrected chi connectivity index (χ0v) is 13.9. The van der Waals surface area contributed by atoms with Gasteiger partial charge in [-0.15, -0.1) is 0 Å². The molecule has 4 rings (SSSR count). The molecule has 1 aliphatic heterocycles. The van der Waals surface area contributed by atoms with Gasteiger partial charge in [0.2, 0.25) is 0 Å². The summed E-state index contributed by atoms with van der Waals surface area (Å²) in [6.45, 7) is 1.27. The molecule has 0 atom stereocenters. The van der Waals surface area contributed by atoms with E-state index in [0.29, 0.717) is 19.0 Å². The second-order valence-corrected chi connectivity index (χ2v) is 6.70. The number of hydrogen-bond acceptors (Lipinski definition) is 2. The molecule has 2 nitrogen and oxygen atoms in total. The molecule has 4 heteroatoms. The Morgan fingerprint density at radius 2 is 1.48 bits per heavy atom. The lowest BCUT2D eigenvalue weighted by atomic mass is 9.88. The lowest BCUT2D eigenvalue weighted by molar-refractivity contribution is 0.487. The van der Waals surface area contributed by atoms with E-state index in [9.17, 15) is 8.78 Å². The van der Waals surface area contributed by atoms with Gasteiger partial charge < -0.3 is 10.6 Å². The molecule has 1 saturated heterocycles. The van der Waals surface area contributed by atoms with Gasteiger partial charge in [-0.3, -0.25) is 0 Å². The van der Waals surface area contributed by atoms with Crippen LogP contribution in [0, 0.1) is 11.6 Å². The monoisotopic (exact) mass is 338 g/mol. The minimum Gasteiger partial charge on any atom is -0.399 e. The van der Waals surface area contributed by atoms with E-state index in [1.807, 2.05) is 12.1 Å². The highest BCUT2D eigenvalue weighted by Gasteiger charge is 2.25. The molecule has 128 valence electrons. The Morgan fingerprint density at radius 3 is 2.16 bits per heavy atom. The first-order chi connectivity index (χ1) is 12.1. The molecule has 1 fully saturated rings. The Morgan fingerprint density at radius 1 is 0.840 bits per heavy atom. The maximum Gasteiger partial charge on any atom is 0.151 e. The van der Waals surface area contributed by atoms with Crippen LogP contribution in [0.4, 0.5) is 20.2 Å². The van der Waals surface area contributed by atoms with Crippen molar-refractivity contribution in [2.45, 2.75) is 18.8 Å². The van der Waals surface area contributed by atoms with Crippen LogP contribution in [0.25, 0.3) is 10.8 Å². The van der Waals surface area contributed by atoms with Crippen molar-refractivity contribution >= 4 is 22.1 Å². The molecule has 0 unspecified atom stereocenters. The fraction of sp³-hybridized carbons (Fsp3) is 0.238. The summed E-state index contributed by atoms with van der Waals surface area (Å²) >= 11 is 0. The zero-order valence-electron chi connectivity index (χ0n) is 13.9. The van der Waals surface area contributed by atoms with Crippen molar-refractivity contribution in [2.75, 3.05) is 23.7 Å². The van der Waals surface area contributed by atoms with Gasteiger partial charge in [0.15, 0.2) is 11.6 Å². The van der Waals surface area contributed by atoms with E-state index in [0.717, 1.165) is 12.8 Å². The molecule has 0 saturated carbocycles. The molecule has 25 heavy (non-hydrogen) atoms. The van der Waals surface area contributed by atoms with Crippen molar-refractivity contribution in [2.24, 2.45) is 0 Å². The minimum atomic E-state index is -0.582. The molecule has 2 N–H and O–H groups in total. The molecule has 0 aromatic heterocycles. The fourth-order valence-corrected chi connectivity index (χ4v) is 3.79. The number of nitrogens with zero attached hydrogens (tertiary/aromatic N) is 1. The Bertz CT molecular complexity index is 892. The van der Waals surface area contributed by atoms with Gasteiger partial charge in [-0.1, -0.05) is 42.5 Å². The first-order valence-electron chi connectivity index (χ1n) is 8.60. The molecule has 1 aliphatic rings.